The van der Waals surface area contributed by atoms with Gasteiger partial charge in [0.05, 0.1) is 23.9 Å². The Morgan fingerprint density at radius 2 is 1.82 bits per heavy atom. The number of methoxy groups -OCH3 is 1. The molecule has 4 amide bonds. The van der Waals surface area contributed by atoms with Gasteiger partial charge < -0.3 is 29.4 Å². The highest BCUT2D eigenvalue weighted by Gasteiger charge is 2.62. The molecular formula is C39H41ClN6O9S. The van der Waals surface area contributed by atoms with E-state index in [0.29, 0.717) is 52.8 Å². The van der Waals surface area contributed by atoms with E-state index >= 15 is 0 Å². The first-order valence-corrected chi connectivity index (χ1v) is 20.7. The summed E-state index contributed by atoms with van der Waals surface area (Å²) in [5, 5.41) is 5.99. The number of hydrogen-bond donors (Lipinski definition) is 3. The lowest BCUT2D eigenvalue weighted by molar-refractivity contribution is -0.141. The van der Waals surface area contributed by atoms with Crippen LogP contribution < -0.4 is 20.1 Å². The number of nitrogens with zero attached hydrogens (tertiary/aromatic N) is 3. The molecule has 0 bridgehead atoms. The molecule has 294 valence electrons. The molecule has 0 spiro atoms. The number of aromatic nitrogens is 2. The van der Waals surface area contributed by atoms with Crippen LogP contribution in [-0.4, -0.2) is 89.7 Å². The molecule has 0 unspecified atom stereocenters. The predicted octanol–water partition coefficient (Wildman–Crippen LogP) is 4.77. The van der Waals surface area contributed by atoms with Crippen molar-refractivity contribution in [3.05, 3.63) is 65.7 Å². The monoisotopic (exact) mass is 804 g/mol. The van der Waals surface area contributed by atoms with Gasteiger partial charge in [-0.1, -0.05) is 60.9 Å². The van der Waals surface area contributed by atoms with Crippen molar-refractivity contribution in [3.8, 4) is 17.3 Å². The van der Waals surface area contributed by atoms with Gasteiger partial charge in [-0.2, -0.15) is 4.98 Å². The minimum absolute atomic E-state index is 0.0335. The van der Waals surface area contributed by atoms with Crippen molar-refractivity contribution in [3.63, 3.8) is 0 Å². The standard InChI is InChI=1S/C39H41ClN6O9S/c1-53-38(50)41-28-15-6-4-2-3-5-11-22-20-39(22,37(49)45-56(51,52)24-17-18-24)44-34(47)29-19-23(21-46(29)36(28)48)54-35-32-31(26-13-8-10-16-30(26)55-32)42-33(43-35)25-12-7-9-14-27(25)40/h5,7-14,16,22-24,28-29H,2-4,6,15,17-21H2,1H3,(H,41,50)(H,44,47)(H,45,49)/b11-5-/t22-,23-,28+,29+,39-/m1/s1. The maximum Gasteiger partial charge on any atom is 0.407 e. The second kappa shape index (κ2) is 15.0. The van der Waals surface area contributed by atoms with Crippen LogP contribution >= 0.6 is 11.6 Å². The summed E-state index contributed by atoms with van der Waals surface area (Å²) in [6, 6.07) is 12.2. The molecule has 2 saturated carbocycles. The SMILES string of the molecule is COC(=O)N[C@H]1CCCCC/C=C\[C@@H]2C[C@@]2(C(=O)NS(=O)(=O)C2CC2)NC(=O)[C@@H]2C[C@@H](Oc3nc(-c4ccccc4Cl)nc4c3oc3ccccc34)CN2C1=O. The lowest BCUT2D eigenvalue weighted by atomic mass is 10.1. The fourth-order valence-corrected chi connectivity index (χ4v) is 9.20. The number of alkyl carbamates (subject to hydrolysis) is 1. The van der Waals surface area contributed by atoms with E-state index in [1.165, 1.54) is 12.0 Å². The Hall–Kier alpha value is -5.22. The summed E-state index contributed by atoms with van der Waals surface area (Å²) in [7, 11) is -2.72. The molecule has 4 aliphatic rings. The van der Waals surface area contributed by atoms with Crippen LogP contribution in [0, 0.1) is 5.92 Å². The van der Waals surface area contributed by atoms with Gasteiger partial charge in [-0.25, -0.2) is 18.2 Å². The number of fused-ring (bicyclic) bond motifs is 5. The van der Waals surface area contributed by atoms with E-state index in [2.05, 4.69) is 15.4 Å². The number of nitrogens with one attached hydrogen (secondary N) is 3. The molecule has 2 aliphatic heterocycles. The summed E-state index contributed by atoms with van der Waals surface area (Å²) >= 11 is 6.57. The highest BCUT2D eigenvalue weighted by molar-refractivity contribution is 7.91. The first kappa shape index (κ1) is 37.7. The number of carbonyl (C=O) groups is 4. The number of amides is 4. The molecule has 3 fully saturated rings. The van der Waals surface area contributed by atoms with Gasteiger partial charge in [0, 0.05) is 23.3 Å². The molecule has 4 aromatic rings. The first-order chi connectivity index (χ1) is 27.0. The van der Waals surface area contributed by atoms with E-state index in [9.17, 15) is 27.6 Å². The van der Waals surface area contributed by atoms with E-state index in [1.54, 1.807) is 24.3 Å². The number of furan rings is 1. The summed E-state index contributed by atoms with van der Waals surface area (Å²) in [6.07, 6.45) is 6.30. The van der Waals surface area contributed by atoms with Gasteiger partial charge in [-0.15, -0.1) is 0 Å². The first-order valence-electron chi connectivity index (χ1n) is 18.8. The molecule has 56 heavy (non-hydrogen) atoms. The van der Waals surface area contributed by atoms with Gasteiger partial charge in [0.2, 0.25) is 27.4 Å². The zero-order valence-corrected chi connectivity index (χ0v) is 32.1. The molecule has 1 saturated heterocycles. The minimum Gasteiger partial charge on any atom is -0.470 e. The van der Waals surface area contributed by atoms with Crippen molar-refractivity contribution in [2.75, 3.05) is 13.7 Å². The number of halogens is 1. The van der Waals surface area contributed by atoms with Gasteiger partial charge in [0.25, 0.3) is 11.8 Å². The van der Waals surface area contributed by atoms with Crippen LogP contribution in [0.3, 0.4) is 0 Å². The molecule has 3 N–H and O–H groups in total. The number of para-hydroxylation sites is 1. The molecule has 5 atom stereocenters. The molecule has 4 heterocycles. The van der Waals surface area contributed by atoms with Crippen LogP contribution in [0.4, 0.5) is 4.79 Å². The minimum atomic E-state index is -3.92. The number of carbonyl (C=O) groups excluding carboxylic acids is 4. The maximum atomic E-state index is 14.4. The summed E-state index contributed by atoms with van der Waals surface area (Å²) in [6.45, 7) is -0.0952. The predicted molar refractivity (Wildman–Crippen MR) is 205 cm³/mol. The summed E-state index contributed by atoms with van der Waals surface area (Å²) in [5.74, 6) is -2.13. The van der Waals surface area contributed by atoms with E-state index in [1.807, 2.05) is 36.4 Å². The average Bonchev–Trinajstić information content (AvgIpc) is 4.08. The summed E-state index contributed by atoms with van der Waals surface area (Å²) in [4.78, 5) is 66.0. The average molecular weight is 805 g/mol. The zero-order valence-electron chi connectivity index (χ0n) is 30.5. The molecule has 8 rings (SSSR count). The normalized spacial score (nSPS) is 26.3. The number of ether oxygens (including phenoxy) is 2. The molecule has 0 radical (unpaired) electrons. The fraction of sp³-hybridized carbons (Fsp3) is 0.436. The Bertz CT molecular complexity index is 2360. The smallest absolute Gasteiger partial charge is 0.407 e. The molecule has 2 aromatic heterocycles. The number of rotatable bonds is 7. The number of benzene rings is 2. The Balaban J connectivity index is 1.15. The third-order valence-corrected chi connectivity index (χ3v) is 13.1. The van der Waals surface area contributed by atoms with Gasteiger partial charge in [0.15, 0.2) is 5.82 Å². The molecular weight excluding hydrogens is 764 g/mol. The van der Waals surface area contributed by atoms with Crippen molar-refractivity contribution in [1.82, 2.24) is 30.2 Å². The molecule has 15 nitrogen and oxygen atoms in total. The topological polar surface area (TPSA) is 199 Å². The lowest BCUT2D eigenvalue weighted by Gasteiger charge is -2.29. The van der Waals surface area contributed by atoms with Crippen molar-refractivity contribution in [1.29, 1.82) is 0 Å². The Kier molecular flexibility index (Phi) is 10.1. The maximum absolute atomic E-state index is 14.4. The summed E-state index contributed by atoms with van der Waals surface area (Å²) < 4.78 is 45.5. The quantitative estimate of drug-likeness (QED) is 0.218. The van der Waals surface area contributed by atoms with Crippen LogP contribution in [-0.2, 0) is 29.1 Å². The number of hydrogen-bond acceptors (Lipinski definition) is 11. The van der Waals surface area contributed by atoms with Gasteiger partial charge in [-0.3, -0.25) is 19.1 Å². The third-order valence-electron chi connectivity index (χ3n) is 10.9. The van der Waals surface area contributed by atoms with Crippen LogP contribution in [0.25, 0.3) is 33.5 Å². The van der Waals surface area contributed by atoms with Gasteiger partial charge in [0.1, 0.15) is 34.8 Å². The fourth-order valence-electron chi connectivity index (χ4n) is 7.61. The largest absolute Gasteiger partial charge is 0.470 e. The highest BCUT2D eigenvalue weighted by atomic mass is 35.5. The van der Waals surface area contributed by atoms with Crippen LogP contribution in [0.1, 0.15) is 57.8 Å². The second-order valence-electron chi connectivity index (χ2n) is 14.8. The Morgan fingerprint density at radius 1 is 1.04 bits per heavy atom. The number of sulfonamides is 1. The van der Waals surface area contributed by atoms with E-state index in [-0.39, 0.29) is 43.1 Å². The Morgan fingerprint density at radius 3 is 2.61 bits per heavy atom. The van der Waals surface area contributed by atoms with Crippen molar-refractivity contribution in [2.45, 2.75) is 86.8 Å². The Labute approximate surface area is 327 Å². The summed E-state index contributed by atoms with van der Waals surface area (Å²) in [5.41, 5.74) is 0.295. The second-order valence-corrected chi connectivity index (χ2v) is 17.2. The number of allylic oxidation sites excluding steroid dienone is 1. The van der Waals surface area contributed by atoms with Crippen LogP contribution in [0.15, 0.2) is 65.1 Å². The van der Waals surface area contributed by atoms with Gasteiger partial charge in [-0.05, 0) is 62.8 Å². The molecule has 17 heteroatoms. The van der Waals surface area contributed by atoms with E-state index < -0.39 is 68.7 Å². The van der Waals surface area contributed by atoms with Gasteiger partial charge >= 0.3 is 6.09 Å². The molecule has 2 aliphatic carbocycles. The lowest BCUT2D eigenvalue weighted by Crippen LogP contribution is -2.58. The third kappa shape index (κ3) is 7.39. The zero-order chi connectivity index (χ0) is 39.2. The van der Waals surface area contributed by atoms with Crippen molar-refractivity contribution in [2.24, 2.45) is 5.92 Å². The van der Waals surface area contributed by atoms with Crippen LogP contribution in [0.5, 0.6) is 5.88 Å². The molecule has 2 aromatic carbocycles. The van der Waals surface area contributed by atoms with Crippen molar-refractivity contribution >= 4 is 67.5 Å². The van der Waals surface area contributed by atoms with Crippen LogP contribution in [0.2, 0.25) is 5.02 Å². The van der Waals surface area contributed by atoms with Crippen molar-refractivity contribution < 1.29 is 41.5 Å². The van der Waals surface area contributed by atoms with E-state index in [4.69, 9.17) is 35.5 Å². The van der Waals surface area contributed by atoms with E-state index in [0.717, 1.165) is 12.8 Å². The highest BCUT2D eigenvalue weighted by Crippen LogP contribution is 2.46.